The number of hydrogen-bond donors (Lipinski definition) is 1. The number of amides is 1. The average Bonchev–Trinajstić information content (AvgIpc) is 3.12. The lowest BCUT2D eigenvalue weighted by Gasteiger charge is -2.04. The molecule has 2 nitrogen and oxygen atoms in total. The Labute approximate surface area is 107 Å². The monoisotopic (exact) mass is 249 g/mol. The Kier molecular flexibility index (Phi) is 4.49. The largest absolute Gasteiger partial charge is 0.344 e. The van der Waals surface area contributed by atoms with Crippen LogP contribution in [0.25, 0.3) is 0 Å². The van der Waals surface area contributed by atoms with Gasteiger partial charge in [0.2, 0.25) is 0 Å². The maximum Gasteiger partial charge on any atom is 0.284 e. The first-order valence-electron chi connectivity index (χ1n) is 6.35. The minimum absolute atomic E-state index is 0.0776. The van der Waals surface area contributed by atoms with Gasteiger partial charge >= 0.3 is 0 Å². The highest BCUT2D eigenvalue weighted by atomic mass is 32.2. The summed E-state index contributed by atoms with van der Waals surface area (Å²) in [7, 11) is 0. The number of unbranched alkanes of at least 4 members (excludes halogenated alkanes) is 1. The highest BCUT2D eigenvalue weighted by Crippen LogP contribution is 2.24. The van der Waals surface area contributed by atoms with Crippen LogP contribution in [0.5, 0.6) is 0 Å². The van der Waals surface area contributed by atoms with E-state index in [1.807, 2.05) is 12.1 Å². The lowest BCUT2D eigenvalue weighted by molar-refractivity contribution is 0.260. The second-order valence-electron chi connectivity index (χ2n) is 4.56. The Morgan fingerprint density at radius 1 is 1.35 bits per heavy atom. The van der Waals surface area contributed by atoms with Crippen LogP contribution >= 0.6 is 11.8 Å². The quantitative estimate of drug-likeness (QED) is 0.799. The van der Waals surface area contributed by atoms with Crippen molar-refractivity contribution in [1.82, 2.24) is 5.32 Å². The second kappa shape index (κ2) is 6.10. The summed E-state index contributed by atoms with van der Waals surface area (Å²) in [5, 5.41) is 3.05. The van der Waals surface area contributed by atoms with Crippen LogP contribution in [0, 0.1) is 0 Å². The van der Waals surface area contributed by atoms with Crippen molar-refractivity contribution in [2.45, 2.75) is 50.0 Å². The summed E-state index contributed by atoms with van der Waals surface area (Å²) in [6, 6.07) is 8.79. The molecule has 0 heterocycles. The smallest absolute Gasteiger partial charge is 0.284 e. The van der Waals surface area contributed by atoms with Crippen molar-refractivity contribution >= 4 is 17.0 Å². The van der Waals surface area contributed by atoms with Gasteiger partial charge in [-0.1, -0.05) is 25.5 Å². The molecular formula is C14H19NOS. The summed E-state index contributed by atoms with van der Waals surface area (Å²) >= 11 is 1.29. The van der Waals surface area contributed by atoms with Crippen molar-refractivity contribution in [2.24, 2.45) is 0 Å². The first kappa shape index (κ1) is 12.5. The van der Waals surface area contributed by atoms with Crippen molar-refractivity contribution in [1.29, 1.82) is 0 Å². The Hall–Kier alpha value is -0.960. The minimum atomic E-state index is 0.0776. The predicted molar refractivity (Wildman–Crippen MR) is 72.5 cm³/mol. The fourth-order valence-corrected chi connectivity index (χ4v) is 2.35. The minimum Gasteiger partial charge on any atom is -0.344 e. The van der Waals surface area contributed by atoms with Gasteiger partial charge in [-0.15, -0.1) is 0 Å². The summed E-state index contributed by atoms with van der Waals surface area (Å²) in [4.78, 5) is 12.6. The number of rotatable bonds is 5. The average molecular weight is 249 g/mol. The SMILES string of the molecule is CCCCc1ccc(SC(=O)NC2CC2)cc1. The molecule has 0 unspecified atom stereocenters. The van der Waals surface area contributed by atoms with Gasteiger partial charge in [-0.3, -0.25) is 4.79 Å². The summed E-state index contributed by atoms with van der Waals surface area (Å²) in [6.07, 6.45) is 5.87. The van der Waals surface area contributed by atoms with Gasteiger partial charge in [-0.25, -0.2) is 0 Å². The molecule has 0 saturated heterocycles. The summed E-state index contributed by atoms with van der Waals surface area (Å²) < 4.78 is 0. The van der Waals surface area contributed by atoms with Gasteiger partial charge < -0.3 is 5.32 Å². The van der Waals surface area contributed by atoms with Crippen LogP contribution in [0.3, 0.4) is 0 Å². The van der Waals surface area contributed by atoms with Crippen LogP contribution in [0.4, 0.5) is 4.79 Å². The van der Waals surface area contributed by atoms with E-state index in [2.05, 4.69) is 24.4 Å². The molecule has 1 aliphatic rings. The molecule has 1 aromatic rings. The van der Waals surface area contributed by atoms with Crippen molar-refractivity contribution < 1.29 is 4.79 Å². The fourth-order valence-electron chi connectivity index (χ4n) is 1.64. The molecule has 1 N–H and O–H groups in total. The third kappa shape index (κ3) is 4.43. The number of aryl methyl sites for hydroxylation is 1. The number of carbonyl (C=O) groups excluding carboxylic acids is 1. The van der Waals surface area contributed by atoms with Crippen molar-refractivity contribution in [3.05, 3.63) is 29.8 Å². The summed E-state index contributed by atoms with van der Waals surface area (Å²) in [5.74, 6) is 0. The van der Waals surface area contributed by atoms with Crippen molar-refractivity contribution in [3.63, 3.8) is 0 Å². The molecule has 0 spiro atoms. The molecule has 1 saturated carbocycles. The van der Waals surface area contributed by atoms with Gasteiger partial charge in [0.05, 0.1) is 0 Å². The maximum atomic E-state index is 11.6. The van der Waals surface area contributed by atoms with E-state index in [1.165, 1.54) is 30.2 Å². The summed E-state index contributed by atoms with van der Waals surface area (Å²) in [6.45, 7) is 2.20. The van der Waals surface area contributed by atoms with Gasteiger partial charge in [-0.2, -0.15) is 0 Å². The van der Waals surface area contributed by atoms with Gasteiger partial charge in [0.25, 0.3) is 5.24 Å². The standard InChI is InChI=1S/C14H19NOS/c1-2-3-4-11-5-9-13(10-6-11)17-14(16)15-12-7-8-12/h5-6,9-10,12H,2-4,7-8H2,1H3,(H,15,16). The number of nitrogens with one attached hydrogen (secondary N) is 1. The molecule has 0 bridgehead atoms. The highest BCUT2D eigenvalue weighted by Gasteiger charge is 2.23. The molecule has 2 rings (SSSR count). The molecule has 1 aliphatic carbocycles. The molecule has 92 valence electrons. The number of thioether (sulfide) groups is 1. The topological polar surface area (TPSA) is 29.1 Å². The first-order chi connectivity index (χ1) is 8.28. The van der Waals surface area contributed by atoms with Gasteiger partial charge in [0.1, 0.15) is 0 Å². The Bertz CT molecular complexity index is 370. The molecule has 17 heavy (non-hydrogen) atoms. The van der Waals surface area contributed by atoms with Crippen LogP contribution in [-0.4, -0.2) is 11.3 Å². The van der Waals surface area contributed by atoms with Gasteiger partial charge in [-0.05, 0) is 55.1 Å². The van der Waals surface area contributed by atoms with Crippen LogP contribution in [-0.2, 0) is 6.42 Å². The molecular weight excluding hydrogens is 230 g/mol. The molecule has 0 aromatic heterocycles. The van der Waals surface area contributed by atoms with Crippen molar-refractivity contribution in [2.75, 3.05) is 0 Å². The molecule has 0 radical (unpaired) electrons. The van der Waals surface area contributed by atoms with Gasteiger partial charge in [0, 0.05) is 10.9 Å². The van der Waals surface area contributed by atoms with Gasteiger partial charge in [0.15, 0.2) is 0 Å². The molecule has 1 amide bonds. The predicted octanol–water partition coefficient (Wildman–Crippen LogP) is 3.99. The molecule has 1 fully saturated rings. The van der Waals surface area contributed by atoms with E-state index in [1.54, 1.807) is 0 Å². The van der Waals surface area contributed by atoms with Crippen LogP contribution in [0.1, 0.15) is 38.2 Å². The number of hydrogen-bond acceptors (Lipinski definition) is 2. The maximum absolute atomic E-state index is 11.6. The lowest BCUT2D eigenvalue weighted by atomic mass is 10.1. The van der Waals surface area contributed by atoms with E-state index in [4.69, 9.17) is 0 Å². The number of carbonyl (C=O) groups is 1. The molecule has 0 aliphatic heterocycles. The first-order valence-corrected chi connectivity index (χ1v) is 7.17. The van der Waals surface area contributed by atoms with E-state index in [0.717, 1.165) is 24.2 Å². The zero-order valence-corrected chi connectivity index (χ0v) is 11.1. The van der Waals surface area contributed by atoms with E-state index < -0.39 is 0 Å². The fraction of sp³-hybridized carbons (Fsp3) is 0.500. The zero-order chi connectivity index (χ0) is 12.1. The zero-order valence-electron chi connectivity index (χ0n) is 10.2. The Morgan fingerprint density at radius 3 is 2.65 bits per heavy atom. The third-order valence-electron chi connectivity index (χ3n) is 2.85. The normalized spacial score (nSPS) is 14.6. The van der Waals surface area contributed by atoms with Crippen LogP contribution in [0.2, 0.25) is 0 Å². The van der Waals surface area contributed by atoms with E-state index in [-0.39, 0.29) is 5.24 Å². The van der Waals surface area contributed by atoms with Crippen LogP contribution < -0.4 is 5.32 Å². The van der Waals surface area contributed by atoms with E-state index in [0.29, 0.717) is 6.04 Å². The third-order valence-corrected chi connectivity index (χ3v) is 3.66. The second-order valence-corrected chi connectivity index (χ2v) is 5.60. The lowest BCUT2D eigenvalue weighted by Crippen LogP contribution is -2.20. The van der Waals surface area contributed by atoms with Crippen molar-refractivity contribution in [3.8, 4) is 0 Å². The Morgan fingerprint density at radius 2 is 2.06 bits per heavy atom. The molecule has 0 atom stereocenters. The van der Waals surface area contributed by atoms with E-state index >= 15 is 0 Å². The Balaban J connectivity index is 1.81. The molecule has 3 heteroatoms. The van der Waals surface area contributed by atoms with E-state index in [9.17, 15) is 4.79 Å². The number of benzene rings is 1. The summed E-state index contributed by atoms with van der Waals surface area (Å²) in [5.41, 5.74) is 1.36. The molecule has 1 aromatic carbocycles. The highest BCUT2D eigenvalue weighted by molar-refractivity contribution is 8.13. The van der Waals surface area contributed by atoms with Crippen LogP contribution in [0.15, 0.2) is 29.2 Å².